The van der Waals surface area contributed by atoms with Gasteiger partial charge >= 0.3 is 0 Å². The number of halogens is 2. The molecule has 4 heteroatoms. The lowest BCUT2D eigenvalue weighted by Crippen LogP contribution is -2.03. The van der Waals surface area contributed by atoms with Gasteiger partial charge in [0.2, 0.25) is 0 Å². The maximum Gasteiger partial charge on any atom is 0.263 e. The van der Waals surface area contributed by atoms with Crippen LogP contribution in [0.25, 0.3) is 0 Å². The van der Waals surface area contributed by atoms with Gasteiger partial charge in [0.25, 0.3) is 6.43 Å². The molecule has 0 aliphatic rings. The molecule has 94 valence electrons. The van der Waals surface area contributed by atoms with Crippen molar-refractivity contribution in [2.45, 2.75) is 19.0 Å². The lowest BCUT2D eigenvalue weighted by atomic mass is 10.0. The number of aliphatic hydroxyl groups excluding tert-OH is 1. The summed E-state index contributed by atoms with van der Waals surface area (Å²) in [5.74, 6) is 0. The molecule has 1 atom stereocenters. The number of nitrogens with zero attached hydrogens (tertiary/aromatic N) is 1. The van der Waals surface area contributed by atoms with Crippen molar-refractivity contribution in [3.63, 3.8) is 0 Å². The van der Waals surface area contributed by atoms with Crippen LogP contribution in [0.1, 0.15) is 29.4 Å². The minimum atomic E-state index is -2.52. The van der Waals surface area contributed by atoms with E-state index in [-0.39, 0.29) is 5.56 Å². The summed E-state index contributed by atoms with van der Waals surface area (Å²) in [6.07, 6.45) is -1.39. The minimum absolute atomic E-state index is 0.0763. The molecule has 1 aromatic heterocycles. The van der Waals surface area contributed by atoms with E-state index in [1.807, 2.05) is 6.07 Å². The molecule has 1 heterocycles. The van der Waals surface area contributed by atoms with Crippen molar-refractivity contribution in [3.05, 3.63) is 65.5 Å². The van der Waals surface area contributed by atoms with E-state index in [1.54, 1.807) is 24.4 Å². The monoisotopic (exact) mass is 249 g/mol. The average Bonchev–Trinajstić information content (AvgIpc) is 2.40. The summed E-state index contributed by atoms with van der Waals surface area (Å²) in [4.78, 5) is 4.09. The predicted octanol–water partition coefficient (Wildman–Crippen LogP) is 3.30. The number of pyridine rings is 1. The molecule has 0 aliphatic carbocycles. The van der Waals surface area contributed by atoms with Gasteiger partial charge in [-0.3, -0.25) is 4.98 Å². The van der Waals surface area contributed by atoms with Crippen molar-refractivity contribution in [3.8, 4) is 0 Å². The molecular formula is C14H13F2NO. The Morgan fingerprint density at radius 3 is 2.50 bits per heavy atom. The van der Waals surface area contributed by atoms with Crippen LogP contribution in [0.3, 0.4) is 0 Å². The third kappa shape index (κ3) is 3.11. The highest BCUT2D eigenvalue weighted by molar-refractivity contribution is 5.26. The van der Waals surface area contributed by atoms with Gasteiger partial charge in [-0.05, 0) is 23.8 Å². The summed E-state index contributed by atoms with van der Waals surface area (Å²) in [5, 5.41) is 10.00. The second-order valence-electron chi connectivity index (χ2n) is 4.01. The standard InChI is InChI=1S/C14H13F2NO/c15-14(16)11-5-3-4-10(8-11)13(18)9-12-6-1-2-7-17-12/h1-8,13-14,18H,9H2. The molecule has 1 unspecified atom stereocenters. The number of aliphatic hydroxyl groups is 1. The first-order valence-corrected chi connectivity index (χ1v) is 5.63. The molecule has 0 saturated carbocycles. The minimum Gasteiger partial charge on any atom is -0.388 e. The number of aromatic nitrogens is 1. The maximum atomic E-state index is 12.5. The Hall–Kier alpha value is -1.81. The van der Waals surface area contributed by atoms with Gasteiger partial charge in [0.15, 0.2) is 0 Å². The molecule has 1 N–H and O–H groups in total. The first-order valence-electron chi connectivity index (χ1n) is 5.63. The van der Waals surface area contributed by atoms with E-state index in [0.29, 0.717) is 12.0 Å². The van der Waals surface area contributed by atoms with Crippen molar-refractivity contribution >= 4 is 0 Å². The van der Waals surface area contributed by atoms with E-state index in [1.165, 1.54) is 18.2 Å². The van der Waals surface area contributed by atoms with Gasteiger partial charge in [0.1, 0.15) is 0 Å². The van der Waals surface area contributed by atoms with Gasteiger partial charge in [0.05, 0.1) is 6.10 Å². The summed E-state index contributed by atoms with van der Waals surface area (Å²) >= 11 is 0. The molecule has 0 amide bonds. The van der Waals surface area contributed by atoms with E-state index in [4.69, 9.17) is 0 Å². The van der Waals surface area contributed by atoms with Crippen LogP contribution in [0.4, 0.5) is 8.78 Å². The Labute approximate surface area is 104 Å². The Bertz CT molecular complexity index is 502. The highest BCUT2D eigenvalue weighted by atomic mass is 19.3. The van der Waals surface area contributed by atoms with Gasteiger partial charge in [-0.25, -0.2) is 8.78 Å². The topological polar surface area (TPSA) is 33.1 Å². The lowest BCUT2D eigenvalue weighted by molar-refractivity contribution is 0.149. The number of benzene rings is 1. The summed E-state index contributed by atoms with van der Waals surface area (Å²) < 4.78 is 25.1. The largest absolute Gasteiger partial charge is 0.388 e. The molecule has 0 bridgehead atoms. The van der Waals surface area contributed by atoms with Crippen LogP contribution in [0.15, 0.2) is 48.7 Å². The molecule has 2 aromatic rings. The van der Waals surface area contributed by atoms with E-state index in [2.05, 4.69) is 4.98 Å². The van der Waals surface area contributed by atoms with E-state index >= 15 is 0 Å². The summed E-state index contributed by atoms with van der Waals surface area (Å²) in [6, 6.07) is 11.2. The second-order valence-corrected chi connectivity index (χ2v) is 4.01. The number of hydrogen-bond acceptors (Lipinski definition) is 2. The Balaban J connectivity index is 2.14. The SMILES string of the molecule is OC(Cc1ccccn1)c1cccc(C(F)F)c1. The number of rotatable bonds is 4. The molecule has 0 saturated heterocycles. The van der Waals surface area contributed by atoms with Crippen LogP contribution >= 0.6 is 0 Å². The van der Waals surface area contributed by atoms with Gasteiger partial charge in [0, 0.05) is 23.9 Å². The van der Waals surface area contributed by atoms with Gasteiger partial charge in [-0.1, -0.05) is 24.3 Å². The highest BCUT2D eigenvalue weighted by Crippen LogP contribution is 2.24. The van der Waals surface area contributed by atoms with Crippen LogP contribution in [-0.4, -0.2) is 10.1 Å². The fourth-order valence-electron chi connectivity index (χ4n) is 1.74. The Morgan fingerprint density at radius 2 is 1.83 bits per heavy atom. The molecule has 18 heavy (non-hydrogen) atoms. The Kier molecular flexibility index (Phi) is 3.99. The second kappa shape index (κ2) is 5.69. The molecule has 0 fully saturated rings. The maximum absolute atomic E-state index is 12.5. The van der Waals surface area contributed by atoms with Crippen LogP contribution in [0.5, 0.6) is 0 Å². The van der Waals surface area contributed by atoms with Crippen molar-refractivity contribution in [2.24, 2.45) is 0 Å². The van der Waals surface area contributed by atoms with Crippen LogP contribution in [-0.2, 0) is 6.42 Å². The third-order valence-corrected chi connectivity index (χ3v) is 2.68. The molecule has 0 radical (unpaired) electrons. The van der Waals surface area contributed by atoms with Crippen molar-refractivity contribution in [2.75, 3.05) is 0 Å². The molecule has 0 aliphatic heterocycles. The number of alkyl halides is 2. The zero-order valence-corrected chi connectivity index (χ0v) is 9.63. The zero-order chi connectivity index (χ0) is 13.0. The van der Waals surface area contributed by atoms with E-state index in [0.717, 1.165) is 5.69 Å². The quantitative estimate of drug-likeness (QED) is 0.901. The fraction of sp³-hybridized carbons (Fsp3) is 0.214. The summed E-state index contributed by atoms with van der Waals surface area (Å²) in [5.41, 5.74) is 1.14. The Morgan fingerprint density at radius 1 is 1.06 bits per heavy atom. The van der Waals surface area contributed by atoms with Crippen LogP contribution in [0.2, 0.25) is 0 Å². The zero-order valence-electron chi connectivity index (χ0n) is 9.63. The van der Waals surface area contributed by atoms with Crippen LogP contribution in [0, 0.1) is 0 Å². The van der Waals surface area contributed by atoms with Gasteiger partial charge in [-0.15, -0.1) is 0 Å². The smallest absolute Gasteiger partial charge is 0.263 e. The number of hydrogen-bond donors (Lipinski definition) is 1. The van der Waals surface area contributed by atoms with Crippen molar-refractivity contribution in [1.82, 2.24) is 4.98 Å². The molecular weight excluding hydrogens is 236 g/mol. The van der Waals surface area contributed by atoms with E-state index < -0.39 is 12.5 Å². The normalized spacial score (nSPS) is 12.7. The van der Waals surface area contributed by atoms with E-state index in [9.17, 15) is 13.9 Å². The average molecular weight is 249 g/mol. The molecule has 0 spiro atoms. The lowest BCUT2D eigenvalue weighted by Gasteiger charge is -2.11. The first-order chi connectivity index (χ1) is 8.66. The van der Waals surface area contributed by atoms with Crippen molar-refractivity contribution < 1.29 is 13.9 Å². The molecule has 2 rings (SSSR count). The predicted molar refractivity (Wildman–Crippen MR) is 64.3 cm³/mol. The fourth-order valence-corrected chi connectivity index (χ4v) is 1.74. The third-order valence-electron chi connectivity index (χ3n) is 2.68. The first kappa shape index (κ1) is 12.6. The van der Waals surface area contributed by atoms with Gasteiger partial charge in [-0.2, -0.15) is 0 Å². The molecule has 1 aromatic carbocycles. The van der Waals surface area contributed by atoms with Crippen molar-refractivity contribution in [1.29, 1.82) is 0 Å². The summed E-state index contributed by atoms with van der Waals surface area (Å²) in [7, 11) is 0. The summed E-state index contributed by atoms with van der Waals surface area (Å²) in [6.45, 7) is 0. The molecule has 2 nitrogen and oxygen atoms in total. The highest BCUT2D eigenvalue weighted by Gasteiger charge is 2.13. The van der Waals surface area contributed by atoms with Gasteiger partial charge < -0.3 is 5.11 Å². The van der Waals surface area contributed by atoms with Crippen LogP contribution < -0.4 is 0 Å².